The number of nitrogens with two attached hydrogens (primary N) is 1. The third-order valence-electron chi connectivity index (χ3n) is 4.52. The van der Waals surface area contributed by atoms with Crippen molar-refractivity contribution in [3.8, 4) is 5.75 Å². The Hall–Kier alpha value is -3.18. The molecule has 0 aliphatic heterocycles. The van der Waals surface area contributed by atoms with Gasteiger partial charge in [-0.15, -0.1) is 0 Å². The van der Waals surface area contributed by atoms with Gasteiger partial charge >= 0.3 is 5.97 Å². The molecule has 8 N–H and O–H groups in total. The number of carbonyl (C=O) groups excluding carboxylic acids is 3. The van der Waals surface area contributed by atoms with Crippen LogP contribution in [0.15, 0.2) is 24.3 Å². The summed E-state index contributed by atoms with van der Waals surface area (Å²) in [6.45, 7) is 4.15. The lowest BCUT2D eigenvalue weighted by Crippen LogP contribution is -2.58. The van der Waals surface area contributed by atoms with E-state index in [-0.39, 0.29) is 18.1 Å². The van der Waals surface area contributed by atoms with Crippen LogP contribution >= 0.6 is 0 Å². The summed E-state index contributed by atoms with van der Waals surface area (Å²) in [5.74, 6) is -3.66. The third-order valence-corrected chi connectivity index (χ3v) is 4.52. The molecule has 11 nitrogen and oxygen atoms in total. The van der Waals surface area contributed by atoms with E-state index in [2.05, 4.69) is 16.0 Å². The largest absolute Gasteiger partial charge is 0.508 e. The lowest BCUT2D eigenvalue weighted by atomic mass is 10.0. The summed E-state index contributed by atoms with van der Waals surface area (Å²) in [4.78, 5) is 48.4. The fourth-order valence-electron chi connectivity index (χ4n) is 2.61. The molecule has 31 heavy (non-hydrogen) atoms. The lowest BCUT2D eigenvalue weighted by Gasteiger charge is -2.25. The molecule has 0 saturated carbocycles. The number of nitrogens with one attached hydrogen (secondary N) is 3. The zero-order valence-electron chi connectivity index (χ0n) is 17.7. The SMILES string of the molecule is CC(NC(=O)C(NC(=O)C(N)CO)C(C)C)C(=O)NC(Cc1ccc(O)cc1)C(=O)O. The summed E-state index contributed by atoms with van der Waals surface area (Å²) >= 11 is 0. The highest BCUT2D eigenvalue weighted by Crippen LogP contribution is 2.11. The number of phenolic OH excluding ortho intramolecular Hbond substituents is 1. The van der Waals surface area contributed by atoms with Crippen molar-refractivity contribution in [2.45, 2.75) is 51.4 Å². The molecule has 0 aliphatic carbocycles. The van der Waals surface area contributed by atoms with Gasteiger partial charge in [-0.2, -0.15) is 0 Å². The number of carboxylic acid groups (broad SMARTS) is 1. The predicted molar refractivity (Wildman–Crippen MR) is 111 cm³/mol. The zero-order valence-corrected chi connectivity index (χ0v) is 17.7. The van der Waals surface area contributed by atoms with Gasteiger partial charge in [0.15, 0.2) is 0 Å². The number of carboxylic acids is 1. The van der Waals surface area contributed by atoms with Gasteiger partial charge in [-0.1, -0.05) is 26.0 Å². The Morgan fingerprint density at radius 3 is 2.00 bits per heavy atom. The number of phenols is 1. The van der Waals surface area contributed by atoms with Gasteiger partial charge in [-0.3, -0.25) is 14.4 Å². The van der Waals surface area contributed by atoms with Crippen molar-refractivity contribution in [3.63, 3.8) is 0 Å². The monoisotopic (exact) mass is 438 g/mol. The molecule has 0 saturated heterocycles. The number of hydrogen-bond acceptors (Lipinski definition) is 7. The molecule has 1 aromatic carbocycles. The van der Waals surface area contributed by atoms with Crippen molar-refractivity contribution < 1.29 is 34.5 Å². The highest BCUT2D eigenvalue weighted by atomic mass is 16.4. The van der Waals surface area contributed by atoms with Gasteiger partial charge in [-0.25, -0.2) is 4.79 Å². The summed E-state index contributed by atoms with van der Waals surface area (Å²) in [5.41, 5.74) is 6.03. The first kappa shape index (κ1) is 25.9. The number of aliphatic hydroxyl groups excluding tert-OH is 1. The van der Waals surface area contributed by atoms with Crippen LogP contribution in [0.3, 0.4) is 0 Å². The summed E-state index contributed by atoms with van der Waals surface area (Å²) in [7, 11) is 0. The van der Waals surface area contributed by atoms with Crippen LogP contribution in [0.1, 0.15) is 26.3 Å². The highest BCUT2D eigenvalue weighted by molar-refractivity contribution is 5.94. The van der Waals surface area contributed by atoms with E-state index < -0.39 is 54.5 Å². The second-order valence-corrected chi connectivity index (χ2v) is 7.52. The number of aromatic hydroxyl groups is 1. The maximum Gasteiger partial charge on any atom is 0.326 e. The van der Waals surface area contributed by atoms with Crippen molar-refractivity contribution in [1.29, 1.82) is 0 Å². The molecule has 4 unspecified atom stereocenters. The van der Waals surface area contributed by atoms with Crippen LogP contribution < -0.4 is 21.7 Å². The van der Waals surface area contributed by atoms with Gasteiger partial charge in [0.2, 0.25) is 17.7 Å². The molecule has 0 bridgehead atoms. The van der Waals surface area contributed by atoms with Crippen molar-refractivity contribution in [2.24, 2.45) is 11.7 Å². The summed E-state index contributed by atoms with van der Waals surface area (Å²) < 4.78 is 0. The molecular formula is C20H30N4O7. The fraction of sp³-hybridized carbons (Fsp3) is 0.500. The van der Waals surface area contributed by atoms with E-state index in [1.54, 1.807) is 13.8 Å². The number of carbonyl (C=O) groups is 4. The van der Waals surface area contributed by atoms with Gasteiger partial charge in [0.25, 0.3) is 0 Å². The minimum atomic E-state index is -1.26. The fourth-order valence-corrected chi connectivity index (χ4v) is 2.61. The van der Waals surface area contributed by atoms with Gasteiger partial charge in [-0.05, 0) is 30.5 Å². The Bertz CT molecular complexity index is 782. The van der Waals surface area contributed by atoms with E-state index in [4.69, 9.17) is 10.8 Å². The topological polar surface area (TPSA) is 191 Å². The Kier molecular flexibility index (Phi) is 9.90. The Morgan fingerprint density at radius 2 is 1.52 bits per heavy atom. The molecular weight excluding hydrogens is 408 g/mol. The van der Waals surface area contributed by atoms with Gasteiger partial charge in [0.05, 0.1) is 6.61 Å². The molecule has 1 rings (SSSR count). The van der Waals surface area contributed by atoms with E-state index in [0.717, 1.165) is 0 Å². The number of amides is 3. The van der Waals surface area contributed by atoms with Crippen molar-refractivity contribution >= 4 is 23.7 Å². The maximum atomic E-state index is 12.5. The predicted octanol–water partition coefficient (Wildman–Crippen LogP) is -1.53. The zero-order chi connectivity index (χ0) is 23.7. The lowest BCUT2D eigenvalue weighted by molar-refractivity contribution is -0.142. The van der Waals surface area contributed by atoms with Gasteiger partial charge < -0.3 is 37.0 Å². The molecule has 1 aromatic rings. The first-order valence-electron chi connectivity index (χ1n) is 9.74. The van der Waals surface area contributed by atoms with Gasteiger partial charge in [0.1, 0.15) is 29.9 Å². The van der Waals surface area contributed by atoms with Crippen LogP contribution in [0.25, 0.3) is 0 Å². The number of aliphatic carboxylic acids is 1. The number of aliphatic hydroxyl groups is 1. The molecule has 0 radical (unpaired) electrons. The number of rotatable bonds is 11. The summed E-state index contributed by atoms with van der Waals surface area (Å²) in [6.07, 6.45) is -0.0221. The number of benzene rings is 1. The molecule has 0 spiro atoms. The molecule has 4 atom stereocenters. The molecule has 0 heterocycles. The Morgan fingerprint density at radius 1 is 0.935 bits per heavy atom. The minimum Gasteiger partial charge on any atom is -0.508 e. The first-order valence-corrected chi connectivity index (χ1v) is 9.74. The van der Waals surface area contributed by atoms with Crippen LogP contribution in [-0.4, -0.2) is 69.8 Å². The van der Waals surface area contributed by atoms with E-state index >= 15 is 0 Å². The van der Waals surface area contributed by atoms with Crippen molar-refractivity contribution in [1.82, 2.24) is 16.0 Å². The third kappa shape index (κ3) is 8.22. The van der Waals surface area contributed by atoms with Crippen LogP contribution in [0, 0.1) is 5.92 Å². The molecule has 0 aromatic heterocycles. The van der Waals surface area contributed by atoms with E-state index in [9.17, 15) is 29.4 Å². The van der Waals surface area contributed by atoms with E-state index in [1.807, 2.05) is 0 Å². The molecule has 0 fully saturated rings. The van der Waals surface area contributed by atoms with Crippen molar-refractivity contribution in [3.05, 3.63) is 29.8 Å². The molecule has 3 amide bonds. The molecule has 0 aliphatic rings. The Labute approximate surface area is 180 Å². The van der Waals surface area contributed by atoms with E-state index in [1.165, 1.54) is 31.2 Å². The van der Waals surface area contributed by atoms with Crippen LogP contribution in [0.5, 0.6) is 5.75 Å². The van der Waals surface area contributed by atoms with Crippen LogP contribution in [0.2, 0.25) is 0 Å². The Balaban J connectivity index is 2.76. The summed E-state index contributed by atoms with van der Waals surface area (Å²) in [6, 6.07) is 1.35. The highest BCUT2D eigenvalue weighted by Gasteiger charge is 2.29. The second kappa shape index (κ2) is 11.9. The van der Waals surface area contributed by atoms with Crippen molar-refractivity contribution in [2.75, 3.05) is 6.61 Å². The average Bonchev–Trinajstić information content (AvgIpc) is 2.71. The average molecular weight is 438 g/mol. The standard InChI is InChI=1S/C20H30N4O7/c1-10(2)16(24-18(28)14(21)9-25)19(29)22-11(3)17(27)23-15(20(30)31)8-12-4-6-13(26)7-5-12/h4-7,10-11,14-16,25-26H,8-9,21H2,1-3H3,(H,22,29)(H,23,27)(H,24,28)(H,30,31). The second-order valence-electron chi connectivity index (χ2n) is 7.52. The van der Waals surface area contributed by atoms with Crippen LogP contribution in [-0.2, 0) is 25.6 Å². The van der Waals surface area contributed by atoms with Crippen LogP contribution in [0.4, 0.5) is 0 Å². The smallest absolute Gasteiger partial charge is 0.326 e. The maximum absolute atomic E-state index is 12.5. The normalized spacial score (nSPS) is 14.8. The first-order chi connectivity index (χ1) is 14.5. The minimum absolute atomic E-state index is 0.0221. The molecule has 11 heteroatoms. The number of hydrogen-bond donors (Lipinski definition) is 7. The molecule has 172 valence electrons. The van der Waals surface area contributed by atoms with Gasteiger partial charge in [0, 0.05) is 6.42 Å². The quantitative estimate of drug-likeness (QED) is 0.216. The van der Waals surface area contributed by atoms with E-state index in [0.29, 0.717) is 5.56 Å². The summed E-state index contributed by atoms with van der Waals surface area (Å²) in [5, 5.41) is 34.9.